The Hall–Kier alpha value is -2.84. The second-order valence-corrected chi connectivity index (χ2v) is 12.8. The SMILES string of the molecule is O=C(Cn1c2c(sc1=O)[C@@H](c1cccc(Cl)c1Cl)[C@@H]1C(=O)N(c3cccc(C(F)(F)F)c3)C(=O)[C@@H]1S2)N1CCOCC1. The molecule has 0 radical (unpaired) electrons. The van der Waals surface area contributed by atoms with Gasteiger partial charge in [0, 0.05) is 23.9 Å². The van der Waals surface area contributed by atoms with Crippen LogP contribution in [0.15, 0.2) is 52.3 Å². The molecule has 1 aromatic heterocycles. The first-order valence-corrected chi connectivity index (χ1v) is 15.2. The van der Waals surface area contributed by atoms with Crippen LogP contribution in [0.1, 0.15) is 21.9 Å². The maximum Gasteiger partial charge on any atom is 0.416 e. The molecule has 0 saturated carbocycles. The van der Waals surface area contributed by atoms with Gasteiger partial charge in [-0.1, -0.05) is 64.5 Å². The molecule has 0 bridgehead atoms. The summed E-state index contributed by atoms with van der Waals surface area (Å²) in [6, 6.07) is 8.81. The molecule has 6 rings (SSSR count). The van der Waals surface area contributed by atoms with Crippen molar-refractivity contribution in [3.8, 4) is 0 Å². The minimum absolute atomic E-state index is 0.121. The van der Waals surface area contributed by atoms with Crippen molar-refractivity contribution >= 4 is 69.7 Å². The number of amides is 3. The van der Waals surface area contributed by atoms with Crippen LogP contribution in [0.5, 0.6) is 0 Å². The summed E-state index contributed by atoms with van der Waals surface area (Å²) < 4.78 is 47.0. The highest BCUT2D eigenvalue weighted by Crippen LogP contribution is 2.55. The summed E-state index contributed by atoms with van der Waals surface area (Å²) in [7, 11) is 0. The smallest absolute Gasteiger partial charge is 0.378 e. The molecule has 4 heterocycles. The minimum Gasteiger partial charge on any atom is -0.378 e. The van der Waals surface area contributed by atoms with Crippen molar-refractivity contribution in [1.82, 2.24) is 9.47 Å². The molecule has 0 N–H and O–H groups in total. The van der Waals surface area contributed by atoms with E-state index in [1.807, 2.05) is 0 Å². The van der Waals surface area contributed by atoms with Crippen LogP contribution in [0.3, 0.4) is 0 Å². The van der Waals surface area contributed by atoms with Crippen molar-refractivity contribution < 1.29 is 32.3 Å². The number of hydrogen-bond acceptors (Lipinski definition) is 7. The summed E-state index contributed by atoms with van der Waals surface area (Å²) in [6.07, 6.45) is -4.69. The molecule has 3 atom stereocenters. The Bertz CT molecular complexity index is 1670. The number of hydrogen-bond donors (Lipinski definition) is 0. The Morgan fingerprint density at radius 2 is 1.74 bits per heavy atom. The second-order valence-electron chi connectivity index (χ2n) is 9.86. The van der Waals surface area contributed by atoms with E-state index in [1.165, 1.54) is 10.6 Å². The lowest BCUT2D eigenvalue weighted by atomic mass is 9.83. The maximum atomic E-state index is 14.0. The number of morpholine rings is 1. The molecular weight excluding hydrogens is 638 g/mol. The highest BCUT2D eigenvalue weighted by atomic mass is 35.5. The summed E-state index contributed by atoms with van der Waals surface area (Å²) in [5.74, 6) is -3.77. The number of aromatic nitrogens is 1. The molecule has 3 amide bonds. The number of alkyl halides is 3. The van der Waals surface area contributed by atoms with E-state index in [9.17, 15) is 32.3 Å². The van der Waals surface area contributed by atoms with E-state index in [1.54, 1.807) is 23.1 Å². The minimum atomic E-state index is -4.69. The Labute approximate surface area is 254 Å². The van der Waals surface area contributed by atoms with Gasteiger partial charge in [-0.2, -0.15) is 13.2 Å². The molecule has 42 heavy (non-hydrogen) atoms. The predicted molar refractivity (Wildman–Crippen MR) is 151 cm³/mol. The third-order valence-corrected chi connectivity index (χ3v) is 10.9. The zero-order valence-corrected chi connectivity index (χ0v) is 24.5. The van der Waals surface area contributed by atoms with Crippen LogP contribution in [0.2, 0.25) is 10.0 Å². The first-order valence-electron chi connectivity index (χ1n) is 12.7. The lowest BCUT2D eigenvalue weighted by molar-refractivity contribution is -0.138. The number of anilines is 1. The molecule has 0 spiro atoms. The second kappa shape index (κ2) is 11.0. The summed E-state index contributed by atoms with van der Waals surface area (Å²) in [6.45, 7) is 1.20. The van der Waals surface area contributed by atoms with E-state index in [-0.39, 0.29) is 28.2 Å². The number of halogens is 5. The number of thioether (sulfide) groups is 1. The van der Waals surface area contributed by atoms with Crippen LogP contribution in [0.25, 0.3) is 0 Å². The van der Waals surface area contributed by atoms with Gasteiger partial charge in [0.2, 0.25) is 17.7 Å². The van der Waals surface area contributed by atoms with Crippen molar-refractivity contribution in [3.63, 3.8) is 0 Å². The lowest BCUT2D eigenvalue weighted by Gasteiger charge is -2.31. The number of benzene rings is 2. The molecule has 3 aliphatic rings. The summed E-state index contributed by atoms with van der Waals surface area (Å²) in [5.41, 5.74) is -0.832. The van der Waals surface area contributed by atoms with Gasteiger partial charge in [0.25, 0.3) is 0 Å². The third kappa shape index (κ3) is 4.94. The fourth-order valence-electron chi connectivity index (χ4n) is 5.47. The van der Waals surface area contributed by atoms with Crippen molar-refractivity contribution in [2.45, 2.75) is 28.9 Å². The average Bonchev–Trinajstić information content (AvgIpc) is 3.41. The van der Waals surface area contributed by atoms with E-state index in [0.29, 0.717) is 41.8 Å². The molecule has 3 aliphatic heterocycles. The van der Waals surface area contributed by atoms with Crippen LogP contribution in [0.4, 0.5) is 18.9 Å². The number of nitrogens with zero attached hydrogens (tertiary/aromatic N) is 3. The Kier molecular flexibility index (Phi) is 7.67. The number of carbonyl (C=O) groups is 3. The van der Waals surface area contributed by atoms with Gasteiger partial charge in [0.1, 0.15) is 11.8 Å². The number of ether oxygens (including phenoxy) is 1. The van der Waals surface area contributed by atoms with Crippen molar-refractivity contribution in [1.29, 1.82) is 0 Å². The number of carbonyl (C=O) groups excluding carboxylic acids is 3. The summed E-state index contributed by atoms with van der Waals surface area (Å²) in [5, 5.41) is -0.458. The highest BCUT2D eigenvalue weighted by Gasteiger charge is 2.57. The molecule has 0 aliphatic carbocycles. The zero-order valence-electron chi connectivity index (χ0n) is 21.4. The lowest BCUT2D eigenvalue weighted by Crippen LogP contribution is -2.43. The topological polar surface area (TPSA) is 88.9 Å². The third-order valence-electron chi connectivity index (χ3n) is 7.45. The summed E-state index contributed by atoms with van der Waals surface area (Å²) in [4.78, 5) is 56.5. The summed E-state index contributed by atoms with van der Waals surface area (Å²) >= 11 is 14.7. The molecule has 2 fully saturated rings. The van der Waals surface area contributed by atoms with Gasteiger partial charge in [-0.25, -0.2) is 4.90 Å². The first-order chi connectivity index (χ1) is 20.0. The normalized spacial score (nSPS) is 22.4. The number of rotatable bonds is 4. The number of imide groups is 1. The molecule has 3 aromatic rings. The Balaban J connectivity index is 1.46. The highest BCUT2D eigenvalue weighted by molar-refractivity contribution is 8.00. The quantitative estimate of drug-likeness (QED) is 0.371. The van der Waals surface area contributed by atoms with Gasteiger partial charge in [0.15, 0.2) is 0 Å². The molecule has 15 heteroatoms. The Morgan fingerprint density at radius 3 is 2.45 bits per heavy atom. The molecule has 8 nitrogen and oxygen atoms in total. The van der Waals surface area contributed by atoms with Crippen LogP contribution < -0.4 is 9.77 Å². The number of fused-ring (bicyclic) bond motifs is 2. The van der Waals surface area contributed by atoms with Crippen LogP contribution in [-0.2, 0) is 31.8 Å². The van der Waals surface area contributed by atoms with E-state index < -0.39 is 45.5 Å². The van der Waals surface area contributed by atoms with Crippen LogP contribution in [0, 0.1) is 5.92 Å². The largest absolute Gasteiger partial charge is 0.416 e. The van der Waals surface area contributed by atoms with E-state index in [4.69, 9.17) is 27.9 Å². The van der Waals surface area contributed by atoms with Crippen LogP contribution >= 0.6 is 46.3 Å². The van der Waals surface area contributed by atoms with Gasteiger partial charge in [-0.15, -0.1) is 0 Å². The van der Waals surface area contributed by atoms with Gasteiger partial charge in [-0.3, -0.25) is 23.7 Å². The first kappa shape index (κ1) is 29.2. The number of thiazole rings is 1. The molecule has 0 unspecified atom stereocenters. The van der Waals surface area contributed by atoms with E-state index in [2.05, 4.69) is 0 Å². The molecule has 2 saturated heterocycles. The molecular formula is C27H20Cl2F3N3O5S2. The fraction of sp³-hybridized carbons (Fsp3) is 0.333. The van der Waals surface area contributed by atoms with E-state index >= 15 is 0 Å². The van der Waals surface area contributed by atoms with Crippen molar-refractivity contribution in [2.24, 2.45) is 5.92 Å². The van der Waals surface area contributed by atoms with E-state index in [0.717, 1.165) is 46.2 Å². The molecule has 220 valence electrons. The average molecular weight is 659 g/mol. The van der Waals surface area contributed by atoms with Crippen molar-refractivity contribution in [2.75, 3.05) is 31.2 Å². The van der Waals surface area contributed by atoms with Crippen LogP contribution in [-0.4, -0.2) is 58.7 Å². The standard InChI is InChI=1S/C27H20Cl2F3N3O5S2/c28-16-6-2-5-15(20(16)29)18-19-21(24(38)35(23(19)37)14-4-1-3-13(11-14)27(30,31)32)41-25-22(18)42-26(39)34(25)12-17(36)33-7-9-40-10-8-33/h1-6,11,18-19,21H,7-10,12H2/t18-,19-,21+/m0/s1. The van der Waals surface area contributed by atoms with Crippen molar-refractivity contribution in [3.05, 3.63) is 78.2 Å². The van der Waals surface area contributed by atoms with Gasteiger partial charge >= 0.3 is 11.0 Å². The Morgan fingerprint density at radius 1 is 1.02 bits per heavy atom. The van der Waals surface area contributed by atoms with Gasteiger partial charge < -0.3 is 9.64 Å². The van der Waals surface area contributed by atoms with Gasteiger partial charge in [0.05, 0.1) is 45.5 Å². The monoisotopic (exact) mass is 657 g/mol. The predicted octanol–water partition coefficient (Wildman–Crippen LogP) is 4.89. The van der Waals surface area contributed by atoms with Gasteiger partial charge in [-0.05, 0) is 29.8 Å². The molecule has 2 aromatic carbocycles. The zero-order chi connectivity index (χ0) is 29.9. The maximum absolute atomic E-state index is 14.0. The fourth-order valence-corrected chi connectivity index (χ4v) is 8.66.